The number of carbonyl (C=O) groups is 1. The molecule has 0 saturated carbocycles. The summed E-state index contributed by atoms with van der Waals surface area (Å²) in [5, 5.41) is 6.47. The second-order valence-electron chi connectivity index (χ2n) is 6.76. The van der Waals surface area contributed by atoms with Gasteiger partial charge in [-0.15, -0.1) is 0 Å². The monoisotopic (exact) mass is 333 g/mol. The standard InChI is InChI=1S/C19H31N3O2/c1-22(2)17(16-6-4-5-7-18(16)24-3)14-21-19(23)9-8-15-10-12-20-13-11-15/h4-7,15,17,20H,8-14H2,1-3H3,(H,21,23). The largest absolute Gasteiger partial charge is 0.496 e. The van der Waals surface area contributed by atoms with Gasteiger partial charge in [0, 0.05) is 18.5 Å². The molecule has 5 heteroatoms. The fourth-order valence-electron chi connectivity index (χ4n) is 3.32. The van der Waals surface area contributed by atoms with Gasteiger partial charge in [0.25, 0.3) is 0 Å². The van der Waals surface area contributed by atoms with Crippen molar-refractivity contribution in [1.29, 1.82) is 0 Å². The molecule has 0 radical (unpaired) electrons. The molecule has 1 fully saturated rings. The van der Waals surface area contributed by atoms with Crippen molar-refractivity contribution in [3.8, 4) is 5.75 Å². The number of hydrogen-bond acceptors (Lipinski definition) is 4. The van der Waals surface area contributed by atoms with Gasteiger partial charge < -0.3 is 20.3 Å². The number of piperidine rings is 1. The van der Waals surface area contributed by atoms with Crippen LogP contribution in [0.2, 0.25) is 0 Å². The van der Waals surface area contributed by atoms with Gasteiger partial charge in [0.15, 0.2) is 0 Å². The summed E-state index contributed by atoms with van der Waals surface area (Å²) < 4.78 is 5.46. The lowest BCUT2D eigenvalue weighted by Crippen LogP contribution is -2.35. The van der Waals surface area contributed by atoms with E-state index in [2.05, 4.69) is 21.6 Å². The number of methoxy groups -OCH3 is 1. The second-order valence-corrected chi connectivity index (χ2v) is 6.76. The molecule has 2 rings (SSSR count). The lowest BCUT2D eigenvalue weighted by atomic mass is 9.93. The van der Waals surface area contributed by atoms with E-state index in [0.29, 0.717) is 18.9 Å². The van der Waals surface area contributed by atoms with Crippen molar-refractivity contribution >= 4 is 5.91 Å². The summed E-state index contributed by atoms with van der Waals surface area (Å²) in [5.41, 5.74) is 1.10. The minimum Gasteiger partial charge on any atom is -0.496 e. The molecule has 1 amide bonds. The zero-order chi connectivity index (χ0) is 17.4. The topological polar surface area (TPSA) is 53.6 Å². The fraction of sp³-hybridized carbons (Fsp3) is 0.632. The summed E-state index contributed by atoms with van der Waals surface area (Å²) in [5.74, 6) is 1.70. The van der Waals surface area contributed by atoms with Crippen LogP contribution in [-0.4, -0.2) is 51.6 Å². The van der Waals surface area contributed by atoms with Gasteiger partial charge in [0.2, 0.25) is 5.91 Å². The first-order chi connectivity index (χ1) is 11.6. The normalized spacial score (nSPS) is 16.8. The molecule has 1 saturated heterocycles. The first-order valence-corrected chi connectivity index (χ1v) is 8.88. The zero-order valence-electron chi connectivity index (χ0n) is 15.2. The first kappa shape index (κ1) is 18.7. The van der Waals surface area contributed by atoms with Crippen molar-refractivity contribution in [2.45, 2.75) is 31.7 Å². The average Bonchev–Trinajstić information content (AvgIpc) is 2.61. The van der Waals surface area contributed by atoms with Crippen LogP contribution >= 0.6 is 0 Å². The van der Waals surface area contributed by atoms with Crippen LogP contribution in [-0.2, 0) is 4.79 Å². The molecular formula is C19H31N3O2. The Morgan fingerprint density at radius 3 is 2.71 bits per heavy atom. The molecule has 0 bridgehead atoms. The Hall–Kier alpha value is -1.59. The number of para-hydroxylation sites is 1. The summed E-state index contributed by atoms with van der Waals surface area (Å²) in [7, 11) is 5.74. The number of amides is 1. The smallest absolute Gasteiger partial charge is 0.220 e. The molecule has 24 heavy (non-hydrogen) atoms. The van der Waals surface area contributed by atoms with Crippen LogP contribution in [0.5, 0.6) is 5.75 Å². The molecule has 1 aromatic rings. The van der Waals surface area contributed by atoms with Crippen molar-refractivity contribution in [2.75, 3.05) is 40.8 Å². The van der Waals surface area contributed by atoms with Crippen molar-refractivity contribution in [1.82, 2.24) is 15.5 Å². The van der Waals surface area contributed by atoms with Crippen LogP contribution in [0.4, 0.5) is 0 Å². The van der Waals surface area contributed by atoms with Gasteiger partial charge in [-0.2, -0.15) is 0 Å². The molecule has 5 nitrogen and oxygen atoms in total. The number of nitrogens with zero attached hydrogens (tertiary/aromatic N) is 1. The Labute approximate surface area is 145 Å². The van der Waals surface area contributed by atoms with Crippen LogP contribution in [0.25, 0.3) is 0 Å². The Kier molecular flexibility index (Phi) is 7.53. The van der Waals surface area contributed by atoms with Crippen LogP contribution in [0.1, 0.15) is 37.3 Å². The van der Waals surface area contributed by atoms with Crippen LogP contribution < -0.4 is 15.4 Å². The van der Waals surface area contributed by atoms with Gasteiger partial charge in [0.05, 0.1) is 13.2 Å². The SMILES string of the molecule is COc1ccccc1C(CNC(=O)CCC1CCNCC1)N(C)C. The lowest BCUT2D eigenvalue weighted by molar-refractivity contribution is -0.121. The van der Waals surface area contributed by atoms with Gasteiger partial charge in [-0.05, 0) is 58.4 Å². The molecule has 2 N–H and O–H groups in total. The third-order valence-electron chi connectivity index (χ3n) is 4.85. The number of hydrogen-bond donors (Lipinski definition) is 2. The summed E-state index contributed by atoms with van der Waals surface area (Å²) in [6.07, 6.45) is 4.00. The first-order valence-electron chi connectivity index (χ1n) is 8.88. The van der Waals surface area contributed by atoms with Crippen molar-refractivity contribution in [3.63, 3.8) is 0 Å². The van der Waals surface area contributed by atoms with E-state index >= 15 is 0 Å². The van der Waals surface area contributed by atoms with Gasteiger partial charge in [0.1, 0.15) is 5.75 Å². The Balaban J connectivity index is 1.85. The molecule has 0 aliphatic carbocycles. The summed E-state index contributed by atoms with van der Waals surface area (Å²) in [6, 6.07) is 8.10. The number of nitrogens with one attached hydrogen (secondary N) is 2. The minimum absolute atomic E-state index is 0.101. The van der Waals surface area contributed by atoms with E-state index in [1.165, 1.54) is 12.8 Å². The molecule has 0 aromatic heterocycles. The van der Waals surface area contributed by atoms with E-state index in [9.17, 15) is 4.79 Å². The van der Waals surface area contributed by atoms with Crippen LogP contribution in [0.3, 0.4) is 0 Å². The third-order valence-corrected chi connectivity index (χ3v) is 4.85. The highest BCUT2D eigenvalue weighted by Gasteiger charge is 2.19. The Bertz CT molecular complexity index is 513. The van der Waals surface area contributed by atoms with Crippen molar-refractivity contribution in [3.05, 3.63) is 29.8 Å². The molecule has 1 atom stereocenters. The number of carbonyl (C=O) groups excluding carboxylic acids is 1. The second kappa shape index (κ2) is 9.64. The van der Waals surface area contributed by atoms with Crippen LogP contribution in [0, 0.1) is 5.92 Å². The molecule has 0 spiro atoms. The molecule has 1 aliphatic rings. The van der Waals surface area contributed by atoms with E-state index < -0.39 is 0 Å². The number of likely N-dealkylation sites (N-methyl/N-ethyl adjacent to an activating group) is 1. The average molecular weight is 333 g/mol. The van der Waals surface area contributed by atoms with Crippen LogP contribution in [0.15, 0.2) is 24.3 Å². The van der Waals surface area contributed by atoms with Gasteiger partial charge in [-0.25, -0.2) is 0 Å². The maximum absolute atomic E-state index is 12.2. The molecular weight excluding hydrogens is 302 g/mol. The van der Waals surface area contributed by atoms with Gasteiger partial charge in [-0.1, -0.05) is 18.2 Å². The molecule has 1 unspecified atom stereocenters. The van der Waals surface area contributed by atoms with E-state index in [4.69, 9.17) is 4.74 Å². The van der Waals surface area contributed by atoms with Crippen molar-refractivity contribution < 1.29 is 9.53 Å². The Morgan fingerprint density at radius 1 is 1.33 bits per heavy atom. The van der Waals surface area contributed by atoms with Gasteiger partial charge >= 0.3 is 0 Å². The van der Waals surface area contributed by atoms with E-state index in [-0.39, 0.29) is 11.9 Å². The predicted molar refractivity (Wildman–Crippen MR) is 97.3 cm³/mol. The number of rotatable bonds is 8. The fourth-order valence-corrected chi connectivity index (χ4v) is 3.32. The zero-order valence-corrected chi connectivity index (χ0v) is 15.2. The highest BCUT2D eigenvalue weighted by Crippen LogP contribution is 2.27. The molecule has 134 valence electrons. The van der Waals surface area contributed by atoms with Crippen molar-refractivity contribution in [2.24, 2.45) is 5.92 Å². The third kappa shape index (κ3) is 5.49. The highest BCUT2D eigenvalue weighted by molar-refractivity contribution is 5.75. The maximum Gasteiger partial charge on any atom is 0.220 e. The summed E-state index contributed by atoms with van der Waals surface area (Å²) in [6.45, 7) is 2.77. The van der Waals surface area contributed by atoms with E-state index in [1.807, 2.05) is 32.3 Å². The maximum atomic E-state index is 12.2. The molecule has 1 aromatic carbocycles. The van der Waals surface area contributed by atoms with Gasteiger partial charge in [-0.3, -0.25) is 4.79 Å². The van der Waals surface area contributed by atoms with E-state index in [0.717, 1.165) is 30.8 Å². The molecule has 1 aliphatic heterocycles. The minimum atomic E-state index is 0.101. The quantitative estimate of drug-likeness (QED) is 0.766. The predicted octanol–water partition coefficient (Wildman–Crippen LogP) is 2.19. The number of ether oxygens (including phenoxy) is 1. The van der Waals surface area contributed by atoms with E-state index in [1.54, 1.807) is 7.11 Å². The molecule has 1 heterocycles. The highest BCUT2D eigenvalue weighted by atomic mass is 16.5. The Morgan fingerprint density at radius 2 is 2.04 bits per heavy atom. The summed E-state index contributed by atoms with van der Waals surface area (Å²) >= 11 is 0. The number of benzene rings is 1. The summed E-state index contributed by atoms with van der Waals surface area (Å²) in [4.78, 5) is 14.3. The lowest BCUT2D eigenvalue weighted by Gasteiger charge is -2.27.